The highest BCUT2D eigenvalue weighted by atomic mass is 14.8. The van der Waals surface area contributed by atoms with Crippen molar-refractivity contribution in [1.82, 2.24) is 0 Å². The zero-order chi connectivity index (χ0) is 20.7. The molecular formula is C27H51N2+. The SMILES string of the molecule is NCCCCCCCCCCCCCCCCCCCC[NH2+]Cc1ccccc1. The maximum Gasteiger partial charge on any atom is 0.101 e. The number of benzene rings is 1. The second-order valence-electron chi connectivity index (χ2n) is 8.92. The van der Waals surface area contributed by atoms with Gasteiger partial charge >= 0.3 is 0 Å². The lowest BCUT2D eigenvalue weighted by molar-refractivity contribution is -0.671. The Kier molecular flexibility index (Phi) is 19.7. The zero-order valence-corrected chi connectivity index (χ0v) is 19.4. The molecule has 168 valence electrons. The summed E-state index contributed by atoms with van der Waals surface area (Å²) >= 11 is 0. The smallest absolute Gasteiger partial charge is 0.101 e. The molecule has 0 aliphatic heterocycles. The monoisotopic (exact) mass is 403 g/mol. The first-order valence-corrected chi connectivity index (χ1v) is 13.0. The second kappa shape index (κ2) is 21.8. The summed E-state index contributed by atoms with van der Waals surface area (Å²) in [5.41, 5.74) is 6.97. The molecular weight excluding hydrogens is 352 g/mol. The van der Waals surface area contributed by atoms with Crippen LogP contribution in [0.3, 0.4) is 0 Å². The van der Waals surface area contributed by atoms with Crippen molar-refractivity contribution in [2.24, 2.45) is 5.73 Å². The van der Waals surface area contributed by atoms with Crippen molar-refractivity contribution in [3.05, 3.63) is 35.9 Å². The van der Waals surface area contributed by atoms with E-state index >= 15 is 0 Å². The Hall–Kier alpha value is -0.860. The molecule has 0 bridgehead atoms. The molecule has 0 saturated heterocycles. The minimum Gasteiger partial charge on any atom is -0.343 e. The number of rotatable bonds is 22. The van der Waals surface area contributed by atoms with Crippen LogP contribution in [0, 0.1) is 0 Å². The Balaban J connectivity index is 1.66. The first-order chi connectivity index (χ1) is 14.4. The molecule has 0 saturated carbocycles. The van der Waals surface area contributed by atoms with Gasteiger partial charge in [0.1, 0.15) is 6.54 Å². The van der Waals surface area contributed by atoms with Gasteiger partial charge in [-0.05, 0) is 25.8 Å². The van der Waals surface area contributed by atoms with Crippen LogP contribution >= 0.6 is 0 Å². The molecule has 4 N–H and O–H groups in total. The minimum atomic E-state index is 0.869. The molecule has 2 nitrogen and oxygen atoms in total. The van der Waals surface area contributed by atoms with Crippen LogP contribution in [0.15, 0.2) is 30.3 Å². The molecule has 29 heavy (non-hydrogen) atoms. The maximum absolute atomic E-state index is 5.52. The van der Waals surface area contributed by atoms with Gasteiger partial charge in [0.2, 0.25) is 0 Å². The third-order valence-electron chi connectivity index (χ3n) is 6.09. The minimum absolute atomic E-state index is 0.869. The van der Waals surface area contributed by atoms with Crippen LogP contribution in [0.25, 0.3) is 0 Å². The van der Waals surface area contributed by atoms with Gasteiger partial charge in [-0.2, -0.15) is 0 Å². The summed E-state index contributed by atoms with van der Waals surface area (Å²) in [6, 6.07) is 10.8. The molecule has 0 spiro atoms. The van der Waals surface area contributed by atoms with Crippen LogP contribution < -0.4 is 11.1 Å². The van der Waals surface area contributed by atoms with E-state index in [9.17, 15) is 0 Å². The summed E-state index contributed by atoms with van der Waals surface area (Å²) in [7, 11) is 0. The number of hydrogen-bond donors (Lipinski definition) is 2. The van der Waals surface area contributed by atoms with Crippen LogP contribution in [0.1, 0.15) is 121 Å². The van der Waals surface area contributed by atoms with E-state index in [-0.39, 0.29) is 0 Å². The molecule has 1 aromatic carbocycles. The van der Waals surface area contributed by atoms with E-state index in [4.69, 9.17) is 5.73 Å². The molecule has 0 aliphatic carbocycles. The van der Waals surface area contributed by atoms with Gasteiger partial charge in [-0.15, -0.1) is 0 Å². The van der Waals surface area contributed by atoms with Gasteiger partial charge in [0.25, 0.3) is 0 Å². The lowest BCUT2D eigenvalue weighted by Crippen LogP contribution is -2.82. The fraction of sp³-hybridized carbons (Fsp3) is 0.778. The van der Waals surface area contributed by atoms with Gasteiger partial charge in [-0.1, -0.05) is 127 Å². The Morgan fingerprint density at radius 2 is 0.862 bits per heavy atom. The van der Waals surface area contributed by atoms with Crippen molar-refractivity contribution in [3.8, 4) is 0 Å². The number of unbranched alkanes of at least 4 members (excludes halogenated alkanes) is 17. The molecule has 1 aromatic rings. The van der Waals surface area contributed by atoms with E-state index in [1.807, 2.05) is 0 Å². The van der Waals surface area contributed by atoms with E-state index in [0.29, 0.717) is 0 Å². The molecule has 0 amide bonds. The molecule has 0 fully saturated rings. The Morgan fingerprint density at radius 1 is 0.483 bits per heavy atom. The molecule has 0 heterocycles. The predicted octanol–water partition coefficient (Wildman–Crippen LogP) is 6.73. The normalized spacial score (nSPS) is 11.2. The Bertz CT molecular complexity index is 418. The number of nitrogens with two attached hydrogens (primary N) is 2. The van der Waals surface area contributed by atoms with Crippen LogP contribution in [-0.2, 0) is 6.54 Å². The van der Waals surface area contributed by atoms with E-state index in [2.05, 4.69) is 35.6 Å². The van der Waals surface area contributed by atoms with Crippen molar-refractivity contribution in [1.29, 1.82) is 0 Å². The molecule has 2 heteroatoms. The van der Waals surface area contributed by atoms with Gasteiger partial charge in [0.15, 0.2) is 0 Å². The van der Waals surface area contributed by atoms with Crippen molar-refractivity contribution < 1.29 is 5.32 Å². The summed E-state index contributed by atoms with van der Waals surface area (Å²) in [5.74, 6) is 0. The number of hydrogen-bond acceptors (Lipinski definition) is 1. The summed E-state index contributed by atoms with van der Waals surface area (Å²) in [4.78, 5) is 0. The van der Waals surface area contributed by atoms with Gasteiger partial charge in [-0.3, -0.25) is 0 Å². The maximum atomic E-state index is 5.52. The Morgan fingerprint density at radius 3 is 1.28 bits per heavy atom. The lowest BCUT2D eigenvalue weighted by Gasteiger charge is -2.04. The summed E-state index contributed by atoms with van der Waals surface area (Å²) < 4.78 is 0. The molecule has 0 atom stereocenters. The van der Waals surface area contributed by atoms with Crippen LogP contribution in [0.2, 0.25) is 0 Å². The summed E-state index contributed by atoms with van der Waals surface area (Å²) in [6.07, 6.45) is 25.6. The molecule has 0 unspecified atom stereocenters. The fourth-order valence-corrected chi connectivity index (χ4v) is 4.14. The van der Waals surface area contributed by atoms with Crippen LogP contribution in [0.4, 0.5) is 0 Å². The quantitative estimate of drug-likeness (QED) is 0.207. The van der Waals surface area contributed by atoms with Crippen molar-refractivity contribution in [3.63, 3.8) is 0 Å². The van der Waals surface area contributed by atoms with E-state index in [0.717, 1.165) is 13.1 Å². The molecule has 0 aliphatic rings. The summed E-state index contributed by atoms with van der Waals surface area (Å²) in [5, 5.41) is 2.46. The largest absolute Gasteiger partial charge is 0.343 e. The first-order valence-electron chi connectivity index (χ1n) is 13.0. The average molecular weight is 404 g/mol. The standard InChI is InChI=1S/C27H50N2/c28-24-20-15-13-11-9-7-5-3-1-2-4-6-8-10-12-14-16-21-25-29-26-27-22-18-17-19-23-27/h17-19,22-23,29H,1-16,20-21,24-26,28H2/p+1. The van der Waals surface area contributed by atoms with Gasteiger partial charge in [0, 0.05) is 5.56 Å². The van der Waals surface area contributed by atoms with E-state index in [1.54, 1.807) is 0 Å². The molecule has 0 radical (unpaired) electrons. The fourth-order valence-electron chi connectivity index (χ4n) is 4.14. The highest BCUT2D eigenvalue weighted by molar-refractivity contribution is 5.12. The van der Waals surface area contributed by atoms with Gasteiger partial charge < -0.3 is 11.1 Å². The van der Waals surface area contributed by atoms with Crippen molar-refractivity contribution in [2.45, 2.75) is 122 Å². The predicted molar refractivity (Wildman–Crippen MR) is 129 cm³/mol. The topological polar surface area (TPSA) is 42.6 Å². The second-order valence-corrected chi connectivity index (χ2v) is 8.92. The summed E-state index contributed by atoms with van der Waals surface area (Å²) in [6.45, 7) is 3.29. The lowest BCUT2D eigenvalue weighted by atomic mass is 10.0. The highest BCUT2D eigenvalue weighted by Gasteiger charge is 1.97. The Labute approximate surface area is 182 Å². The van der Waals surface area contributed by atoms with Crippen molar-refractivity contribution in [2.75, 3.05) is 13.1 Å². The van der Waals surface area contributed by atoms with E-state index in [1.165, 1.54) is 128 Å². The zero-order valence-electron chi connectivity index (χ0n) is 19.4. The van der Waals surface area contributed by atoms with E-state index < -0.39 is 0 Å². The van der Waals surface area contributed by atoms with Gasteiger partial charge in [0.05, 0.1) is 6.54 Å². The van der Waals surface area contributed by atoms with Crippen LogP contribution in [-0.4, -0.2) is 13.1 Å². The molecule has 0 aromatic heterocycles. The van der Waals surface area contributed by atoms with Crippen LogP contribution in [0.5, 0.6) is 0 Å². The number of quaternary nitrogens is 1. The van der Waals surface area contributed by atoms with Crippen molar-refractivity contribution >= 4 is 0 Å². The third-order valence-corrected chi connectivity index (χ3v) is 6.09. The average Bonchev–Trinajstić information content (AvgIpc) is 2.75. The molecule has 1 rings (SSSR count). The third kappa shape index (κ3) is 18.9. The van der Waals surface area contributed by atoms with Gasteiger partial charge in [-0.25, -0.2) is 0 Å². The first kappa shape index (κ1) is 26.2. The highest BCUT2D eigenvalue weighted by Crippen LogP contribution is 2.14.